The van der Waals surface area contributed by atoms with Crippen molar-refractivity contribution in [3.05, 3.63) is 35.4 Å². The second-order valence-corrected chi connectivity index (χ2v) is 5.74. The Kier molecular flexibility index (Phi) is 3.59. The average molecular weight is 329 g/mol. The van der Waals surface area contributed by atoms with Gasteiger partial charge in [0.15, 0.2) is 11.6 Å². The van der Waals surface area contributed by atoms with Gasteiger partial charge in [-0.15, -0.1) is 0 Å². The van der Waals surface area contributed by atoms with Crippen molar-refractivity contribution in [3.63, 3.8) is 0 Å². The number of alkyl halides is 1. The van der Waals surface area contributed by atoms with Crippen LogP contribution >= 0.6 is 0 Å². The fraction of sp³-hybridized carbons (Fsp3) is 0.467. The van der Waals surface area contributed by atoms with E-state index in [9.17, 15) is 22.8 Å². The number of halogens is 3. The molecular formula is C15H14F3NO4. The molecule has 0 spiro atoms. The van der Waals surface area contributed by atoms with E-state index in [1.165, 1.54) is 12.1 Å². The Morgan fingerprint density at radius 3 is 2.87 bits per heavy atom. The van der Waals surface area contributed by atoms with Crippen molar-refractivity contribution in [1.82, 2.24) is 5.32 Å². The molecule has 2 fully saturated rings. The van der Waals surface area contributed by atoms with E-state index in [0.29, 0.717) is 0 Å². The molecule has 1 unspecified atom stereocenters. The van der Waals surface area contributed by atoms with Crippen LogP contribution in [-0.2, 0) is 24.6 Å². The lowest BCUT2D eigenvalue weighted by molar-refractivity contribution is -0.167. The predicted molar refractivity (Wildman–Crippen MR) is 71.0 cm³/mol. The van der Waals surface area contributed by atoms with E-state index in [0.717, 1.165) is 13.2 Å². The van der Waals surface area contributed by atoms with Gasteiger partial charge in [-0.1, -0.05) is 12.1 Å². The Balaban J connectivity index is 2.06. The quantitative estimate of drug-likeness (QED) is 0.654. The number of piperidine rings is 1. The van der Waals surface area contributed by atoms with Gasteiger partial charge in [-0.3, -0.25) is 4.79 Å². The summed E-state index contributed by atoms with van der Waals surface area (Å²) in [6.07, 6.45) is -0.526. The normalized spacial score (nSPS) is 33.0. The van der Waals surface area contributed by atoms with Gasteiger partial charge in [-0.2, -0.15) is 0 Å². The van der Waals surface area contributed by atoms with Gasteiger partial charge in [-0.05, 0) is 6.07 Å². The van der Waals surface area contributed by atoms with Crippen LogP contribution in [0.25, 0.3) is 0 Å². The first kappa shape index (κ1) is 15.8. The highest BCUT2D eigenvalue weighted by Crippen LogP contribution is 2.46. The summed E-state index contributed by atoms with van der Waals surface area (Å²) >= 11 is 0. The smallest absolute Gasteiger partial charge is 0.353 e. The minimum atomic E-state index is -2.87. The van der Waals surface area contributed by atoms with Gasteiger partial charge < -0.3 is 14.8 Å². The maximum atomic E-state index is 14.8. The number of hydrogen-bond acceptors (Lipinski definition) is 4. The first-order valence-corrected chi connectivity index (χ1v) is 6.97. The molecule has 2 aliphatic rings. The van der Waals surface area contributed by atoms with Crippen molar-refractivity contribution in [2.75, 3.05) is 20.3 Å². The fourth-order valence-corrected chi connectivity index (χ4v) is 3.28. The Hall–Kier alpha value is -2.09. The third kappa shape index (κ3) is 2.12. The minimum Gasteiger partial charge on any atom is -0.466 e. The molecule has 5 nitrogen and oxygen atoms in total. The van der Waals surface area contributed by atoms with Gasteiger partial charge in [0.2, 0.25) is 0 Å². The van der Waals surface area contributed by atoms with E-state index >= 15 is 0 Å². The summed E-state index contributed by atoms with van der Waals surface area (Å²) < 4.78 is 52.1. The summed E-state index contributed by atoms with van der Waals surface area (Å²) in [4.78, 5) is 23.8. The summed E-state index contributed by atoms with van der Waals surface area (Å²) in [6.45, 7) is -0.139. The van der Waals surface area contributed by atoms with Crippen LogP contribution < -0.4 is 5.32 Å². The molecule has 2 aliphatic heterocycles. The highest BCUT2D eigenvalue weighted by molar-refractivity contribution is 6.07. The number of benzene rings is 1. The molecule has 124 valence electrons. The standard InChI is InChI=1S/C15H14F3NO4/c1-22-13(21)14(18)5-8-6-23-7-15(8,19-12(14)20)9-3-2-4-10(16)11(9)17/h2-4,8H,5-7H2,1H3,(H,19,20)/t8-,14?,15+/m1/s1. The number of methoxy groups -OCH3 is 1. The second-order valence-electron chi connectivity index (χ2n) is 5.74. The zero-order chi connectivity index (χ0) is 16.8. The lowest BCUT2D eigenvalue weighted by Gasteiger charge is -2.43. The van der Waals surface area contributed by atoms with Crippen LogP contribution in [0.5, 0.6) is 0 Å². The number of carbonyl (C=O) groups excluding carboxylic acids is 2. The van der Waals surface area contributed by atoms with Crippen LogP contribution in [-0.4, -0.2) is 37.9 Å². The molecule has 1 amide bonds. The van der Waals surface area contributed by atoms with Crippen molar-refractivity contribution in [2.45, 2.75) is 17.6 Å². The molecule has 2 saturated heterocycles. The molecule has 1 aromatic rings. The maximum Gasteiger partial charge on any atom is 0.353 e. The van der Waals surface area contributed by atoms with Gasteiger partial charge in [0.25, 0.3) is 11.6 Å². The van der Waals surface area contributed by atoms with Crippen LogP contribution in [0, 0.1) is 17.6 Å². The molecule has 1 aromatic carbocycles. The predicted octanol–water partition coefficient (Wildman–Crippen LogP) is 1.21. The van der Waals surface area contributed by atoms with E-state index in [-0.39, 0.29) is 18.8 Å². The van der Waals surface area contributed by atoms with E-state index in [1.807, 2.05) is 0 Å². The molecule has 0 saturated carbocycles. The molecular weight excluding hydrogens is 315 g/mol. The molecule has 0 aliphatic carbocycles. The van der Waals surface area contributed by atoms with Gasteiger partial charge in [0.1, 0.15) is 0 Å². The molecule has 0 bridgehead atoms. The Morgan fingerprint density at radius 1 is 1.43 bits per heavy atom. The van der Waals surface area contributed by atoms with Gasteiger partial charge in [-0.25, -0.2) is 18.0 Å². The summed E-state index contributed by atoms with van der Waals surface area (Å²) in [7, 11) is 0.968. The zero-order valence-corrected chi connectivity index (χ0v) is 12.2. The Morgan fingerprint density at radius 2 is 2.17 bits per heavy atom. The number of nitrogens with one attached hydrogen (secondary N) is 1. The zero-order valence-electron chi connectivity index (χ0n) is 12.2. The third-order valence-corrected chi connectivity index (χ3v) is 4.51. The molecule has 3 rings (SSSR count). The second kappa shape index (κ2) is 5.23. The number of esters is 1. The fourth-order valence-electron chi connectivity index (χ4n) is 3.28. The largest absolute Gasteiger partial charge is 0.466 e. The first-order chi connectivity index (χ1) is 10.8. The van der Waals surface area contributed by atoms with Gasteiger partial charge >= 0.3 is 5.97 Å². The molecule has 2 heterocycles. The van der Waals surface area contributed by atoms with Crippen molar-refractivity contribution < 1.29 is 32.2 Å². The monoisotopic (exact) mass is 329 g/mol. The maximum absolute atomic E-state index is 14.8. The van der Waals surface area contributed by atoms with E-state index < -0.39 is 47.1 Å². The summed E-state index contributed by atoms with van der Waals surface area (Å²) in [5.41, 5.74) is -4.41. The average Bonchev–Trinajstić information content (AvgIpc) is 2.92. The van der Waals surface area contributed by atoms with Crippen LogP contribution in [0.3, 0.4) is 0 Å². The van der Waals surface area contributed by atoms with E-state index in [2.05, 4.69) is 10.1 Å². The lowest BCUT2D eigenvalue weighted by Crippen LogP contribution is -2.65. The SMILES string of the molecule is COC(=O)C1(F)C[C@@H]2COC[C@]2(c2cccc(F)c2F)NC1=O. The highest BCUT2D eigenvalue weighted by Gasteiger charge is 2.62. The topological polar surface area (TPSA) is 64.6 Å². The lowest BCUT2D eigenvalue weighted by atomic mass is 9.71. The third-order valence-electron chi connectivity index (χ3n) is 4.51. The van der Waals surface area contributed by atoms with E-state index in [4.69, 9.17) is 4.74 Å². The summed E-state index contributed by atoms with van der Waals surface area (Å²) in [6, 6.07) is 3.55. The van der Waals surface area contributed by atoms with Gasteiger partial charge in [0, 0.05) is 17.9 Å². The van der Waals surface area contributed by atoms with Gasteiger partial charge in [0.05, 0.1) is 25.9 Å². The Bertz CT molecular complexity index is 683. The van der Waals surface area contributed by atoms with Crippen molar-refractivity contribution in [3.8, 4) is 0 Å². The molecule has 23 heavy (non-hydrogen) atoms. The van der Waals surface area contributed by atoms with Crippen molar-refractivity contribution >= 4 is 11.9 Å². The number of amides is 1. The Labute approximate surface area is 129 Å². The first-order valence-electron chi connectivity index (χ1n) is 6.97. The number of ether oxygens (including phenoxy) is 2. The molecule has 3 atom stereocenters. The van der Waals surface area contributed by atoms with Crippen LogP contribution in [0.15, 0.2) is 18.2 Å². The summed E-state index contributed by atoms with van der Waals surface area (Å²) in [5.74, 6) is -5.51. The van der Waals surface area contributed by atoms with Crippen LogP contribution in [0.4, 0.5) is 13.2 Å². The highest BCUT2D eigenvalue weighted by atomic mass is 19.2. The molecule has 0 aromatic heterocycles. The van der Waals surface area contributed by atoms with E-state index in [1.54, 1.807) is 0 Å². The number of fused-ring (bicyclic) bond motifs is 1. The number of carbonyl (C=O) groups is 2. The van der Waals surface area contributed by atoms with Crippen molar-refractivity contribution in [2.24, 2.45) is 5.92 Å². The number of rotatable bonds is 2. The minimum absolute atomic E-state index is 0.00109. The molecule has 0 radical (unpaired) electrons. The van der Waals surface area contributed by atoms with Crippen LogP contribution in [0.2, 0.25) is 0 Å². The number of hydrogen-bond donors (Lipinski definition) is 1. The van der Waals surface area contributed by atoms with Crippen molar-refractivity contribution in [1.29, 1.82) is 0 Å². The molecule has 8 heteroatoms. The van der Waals surface area contributed by atoms with Crippen LogP contribution in [0.1, 0.15) is 12.0 Å². The summed E-state index contributed by atoms with van der Waals surface area (Å²) in [5, 5.41) is 2.34. The molecule has 1 N–H and O–H groups in total.